The zero-order valence-electron chi connectivity index (χ0n) is 23.5. The molecule has 21 heteroatoms. The number of nitrogens with one attached hydrogen (secondary N) is 2. The van der Waals surface area contributed by atoms with Crippen LogP contribution < -0.4 is 27.8 Å². The van der Waals surface area contributed by atoms with Crippen LogP contribution in [0.15, 0.2) is 39.2 Å². The summed E-state index contributed by atoms with van der Waals surface area (Å²) in [6.07, 6.45) is 1.22. The van der Waals surface area contributed by atoms with E-state index in [1.165, 1.54) is 23.5 Å². The number of β-lactam (4-membered cyclic amide) rings is 1. The first-order chi connectivity index (χ1) is 21.6. The van der Waals surface area contributed by atoms with E-state index in [-0.39, 0.29) is 28.5 Å². The van der Waals surface area contributed by atoms with Crippen LogP contribution in [-0.4, -0.2) is 101 Å². The second-order valence-electron chi connectivity index (χ2n) is 9.29. The summed E-state index contributed by atoms with van der Waals surface area (Å²) in [4.78, 5) is 60.2. The molecule has 2 aromatic heterocycles. The molecule has 0 radical (unpaired) electrons. The summed E-state index contributed by atoms with van der Waals surface area (Å²) in [5.74, 6) is -0.756. The lowest BCUT2D eigenvalue weighted by atomic mass is 10.1. The van der Waals surface area contributed by atoms with Crippen molar-refractivity contribution in [1.82, 2.24) is 29.9 Å². The second-order valence-corrected chi connectivity index (χ2v) is 13.4. The number of pyridine rings is 1. The van der Waals surface area contributed by atoms with Crippen LogP contribution in [0.3, 0.4) is 0 Å². The second kappa shape index (κ2) is 16.1. The van der Waals surface area contributed by atoms with Crippen molar-refractivity contribution in [2.45, 2.75) is 40.9 Å². The maximum Gasteiger partial charge on any atom is 0.512 e. The van der Waals surface area contributed by atoms with E-state index in [2.05, 4.69) is 30.1 Å². The molecule has 3 atom stereocenters. The Hall–Kier alpha value is -3.63. The van der Waals surface area contributed by atoms with Gasteiger partial charge in [-0.15, -0.1) is 11.8 Å². The van der Waals surface area contributed by atoms with E-state index in [0.29, 0.717) is 42.3 Å². The Bertz CT molecular complexity index is 1490. The number of nitrogen functional groups attached to an aromatic ring is 1. The standard InChI is InChI=1S/C24H30N10O7S4/c25-5-1-3-11(26)18(35)29-7-8-42-9-12-13(4-2-6-28-12)44-14-10-43-22-16(20(37)34(22)21(14)41-24(38)39)30-19(36)15(32-40)17-31-23(27)45-33-17/h2,4,6,11,16,22,40H,1,3,5,7-10,25-26H2,(H,29,35)(H,30,36)(H,38,39)(H2,27,31,33)/b32-15-/t11-,16+,22-/m0/s1. The fraction of sp³-hybridized carbons (Fsp3) is 0.417. The molecule has 10 N–H and O–H groups in total. The molecule has 0 aliphatic carbocycles. The lowest BCUT2D eigenvalue weighted by Crippen LogP contribution is -2.70. The number of nitrogens with two attached hydrogens (primary N) is 3. The fourth-order valence-electron chi connectivity index (χ4n) is 4.11. The van der Waals surface area contributed by atoms with Crippen LogP contribution in [-0.2, 0) is 24.9 Å². The van der Waals surface area contributed by atoms with Crippen molar-refractivity contribution >= 4 is 81.5 Å². The maximum absolute atomic E-state index is 13.2. The minimum absolute atomic E-state index is 0.0529. The number of aromatic nitrogens is 3. The maximum atomic E-state index is 13.2. The van der Waals surface area contributed by atoms with Crippen molar-refractivity contribution in [3.8, 4) is 0 Å². The molecule has 4 heterocycles. The van der Waals surface area contributed by atoms with E-state index >= 15 is 0 Å². The Kier molecular flexibility index (Phi) is 12.2. The van der Waals surface area contributed by atoms with E-state index in [1.54, 1.807) is 24.0 Å². The van der Waals surface area contributed by atoms with Crippen LogP contribution >= 0.6 is 46.8 Å². The van der Waals surface area contributed by atoms with Crippen molar-refractivity contribution in [3.05, 3.63) is 40.6 Å². The van der Waals surface area contributed by atoms with Gasteiger partial charge in [-0.2, -0.15) is 21.1 Å². The van der Waals surface area contributed by atoms with Gasteiger partial charge in [0.1, 0.15) is 11.4 Å². The summed E-state index contributed by atoms with van der Waals surface area (Å²) < 4.78 is 8.91. The number of fused-ring (bicyclic) bond motifs is 1. The number of carbonyl (C=O) groups excluding carboxylic acids is 3. The highest BCUT2D eigenvalue weighted by atomic mass is 32.2. The highest BCUT2D eigenvalue weighted by Crippen LogP contribution is 2.46. The third kappa shape index (κ3) is 8.55. The number of hydrogen-bond acceptors (Lipinski definition) is 17. The normalized spacial score (nSPS) is 18.6. The minimum atomic E-state index is -1.61. The van der Waals surface area contributed by atoms with Crippen molar-refractivity contribution in [1.29, 1.82) is 0 Å². The number of rotatable bonds is 15. The topological polar surface area (TPSA) is 274 Å². The van der Waals surface area contributed by atoms with Gasteiger partial charge in [-0.25, -0.2) is 4.79 Å². The van der Waals surface area contributed by atoms with Crippen molar-refractivity contribution in [2.24, 2.45) is 16.6 Å². The molecular formula is C24H30N10O7S4. The Morgan fingerprint density at radius 1 is 1.33 bits per heavy atom. The summed E-state index contributed by atoms with van der Waals surface area (Å²) in [6.45, 7) is 0.892. The van der Waals surface area contributed by atoms with Crippen LogP contribution in [0.5, 0.6) is 0 Å². The largest absolute Gasteiger partial charge is 0.512 e. The molecule has 242 valence electrons. The molecule has 0 unspecified atom stereocenters. The summed E-state index contributed by atoms with van der Waals surface area (Å²) >= 11 is 4.85. The molecule has 0 aromatic carbocycles. The number of oxime groups is 1. The molecule has 1 fully saturated rings. The molecule has 0 bridgehead atoms. The lowest BCUT2D eigenvalue weighted by Gasteiger charge is -2.48. The van der Waals surface area contributed by atoms with E-state index in [9.17, 15) is 29.5 Å². The number of nitrogens with zero attached hydrogens (tertiary/aromatic N) is 5. The highest BCUT2D eigenvalue weighted by Gasteiger charge is 2.54. The van der Waals surface area contributed by atoms with Crippen LogP contribution in [0.4, 0.5) is 9.93 Å². The van der Waals surface area contributed by atoms with Gasteiger partial charge < -0.3 is 42.9 Å². The van der Waals surface area contributed by atoms with Crippen molar-refractivity contribution < 1.29 is 34.2 Å². The van der Waals surface area contributed by atoms with Crippen LogP contribution in [0.25, 0.3) is 0 Å². The zero-order chi connectivity index (χ0) is 32.5. The molecule has 2 aliphatic heterocycles. The monoisotopic (exact) mass is 698 g/mol. The number of amides is 3. The van der Waals surface area contributed by atoms with Gasteiger partial charge in [0.25, 0.3) is 11.8 Å². The summed E-state index contributed by atoms with van der Waals surface area (Å²) in [6, 6.07) is 1.90. The zero-order valence-corrected chi connectivity index (χ0v) is 26.7. The molecule has 4 rings (SSSR count). The van der Waals surface area contributed by atoms with Gasteiger partial charge in [-0.3, -0.25) is 24.3 Å². The number of anilines is 1. The van der Waals surface area contributed by atoms with Crippen LogP contribution in [0.1, 0.15) is 24.4 Å². The Labute approximate surface area is 273 Å². The molecule has 0 saturated carbocycles. The number of carbonyl (C=O) groups is 4. The van der Waals surface area contributed by atoms with Gasteiger partial charge in [0.15, 0.2) is 5.13 Å². The highest BCUT2D eigenvalue weighted by molar-refractivity contribution is 8.06. The van der Waals surface area contributed by atoms with Crippen molar-refractivity contribution in [3.63, 3.8) is 0 Å². The van der Waals surface area contributed by atoms with Gasteiger partial charge in [-0.1, -0.05) is 16.9 Å². The number of thioether (sulfide) groups is 3. The van der Waals surface area contributed by atoms with E-state index in [0.717, 1.165) is 27.0 Å². The first-order valence-electron chi connectivity index (χ1n) is 13.3. The minimum Gasteiger partial charge on any atom is -0.449 e. The molecule has 0 spiro atoms. The van der Waals surface area contributed by atoms with Gasteiger partial charge in [0.2, 0.25) is 23.3 Å². The molecular weight excluding hydrogens is 669 g/mol. The Balaban J connectivity index is 1.39. The molecule has 45 heavy (non-hydrogen) atoms. The van der Waals surface area contributed by atoms with E-state index in [4.69, 9.17) is 21.9 Å². The molecule has 2 aromatic rings. The van der Waals surface area contributed by atoms with Gasteiger partial charge in [-0.05, 0) is 31.5 Å². The number of ether oxygens (including phenoxy) is 1. The van der Waals surface area contributed by atoms with Crippen LogP contribution in [0.2, 0.25) is 0 Å². The molecule has 3 amide bonds. The lowest BCUT2D eigenvalue weighted by molar-refractivity contribution is -0.148. The van der Waals surface area contributed by atoms with Crippen LogP contribution in [0, 0.1) is 0 Å². The molecule has 17 nitrogen and oxygen atoms in total. The SMILES string of the molecule is NCCC[C@H](N)C(=O)NCCSCc1ncccc1SC1=C(OC(=O)O)N2C(=O)[C@@H](NC(=O)/C(=N\O)c3nsc(N)n3)[C@@H]2SC1. The fourth-order valence-corrected chi connectivity index (χ4v) is 7.94. The Morgan fingerprint density at radius 3 is 2.82 bits per heavy atom. The molecule has 2 aliphatic rings. The quantitative estimate of drug-likeness (QED) is 0.0326. The third-order valence-corrected chi connectivity index (χ3v) is 10.4. The van der Waals surface area contributed by atoms with Gasteiger partial charge in [0, 0.05) is 46.4 Å². The smallest absolute Gasteiger partial charge is 0.449 e. The summed E-state index contributed by atoms with van der Waals surface area (Å²) in [7, 11) is 0. The Morgan fingerprint density at radius 2 is 2.13 bits per heavy atom. The first-order valence-corrected chi connectivity index (χ1v) is 17.1. The summed E-state index contributed by atoms with van der Waals surface area (Å²) in [5, 5.41) is 26.4. The predicted octanol–water partition coefficient (Wildman–Crippen LogP) is 0.165. The third-order valence-electron chi connectivity index (χ3n) is 6.25. The van der Waals surface area contributed by atoms with Gasteiger partial charge in [0.05, 0.1) is 16.6 Å². The van der Waals surface area contributed by atoms with Gasteiger partial charge >= 0.3 is 6.16 Å². The first kappa shape index (κ1) is 34.2. The average Bonchev–Trinajstić information content (AvgIpc) is 3.45. The van der Waals surface area contributed by atoms with Crippen molar-refractivity contribution in [2.75, 3.05) is 30.3 Å². The number of hydrogen-bond donors (Lipinski definition) is 7. The summed E-state index contributed by atoms with van der Waals surface area (Å²) in [5.41, 5.74) is 17.0. The average molecular weight is 699 g/mol. The molecule has 1 saturated heterocycles. The van der Waals surface area contributed by atoms with E-state index in [1.807, 2.05) is 6.07 Å². The predicted molar refractivity (Wildman–Crippen MR) is 169 cm³/mol. The number of carboxylic acid groups (broad SMARTS) is 1. The van der Waals surface area contributed by atoms with E-state index < -0.39 is 41.1 Å².